The number of nitrogens with zero attached hydrogens (tertiary/aromatic N) is 1. The fraction of sp³-hybridized carbons (Fsp3) is 0.125. The van der Waals surface area contributed by atoms with Crippen molar-refractivity contribution in [2.45, 2.75) is 6.42 Å². The minimum Gasteiger partial charge on any atom is -0.192 e. The molecular weight excluding hydrogens is 110 g/mol. The molecule has 0 aromatic rings. The van der Waals surface area contributed by atoms with Crippen LogP contribution < -0.4 is 0 Å². The molecule has 0 bridgehead atoms. The zero-order valence-corrected chi connectivity index (χ0v) is 5.30. The topological polar surface area (TPSA) is 23.8 Å². The van der Waals surface area contributed by atoms with E-state index in [0.29, 0.717) is 5.57 Å². The van der Waals surface area contributed by atoms with E-state index in [1.165, 1.54) is 6.08 Å². The van der Waals surface area contributed by atoms with Crippen molar-refractivity contribution in [1.82, 2.24) is 0 Å². The predicted octanol–water partition coefficient (Wildman–Crippen LogP) is 2.20. The van der Waals surface area contributed by atoms with Gasteiger partial charge in [-0.25, -0.2) is 0 Å². The Morgan fingerprint density at radius 2 is 2.22 bits per heavy atom. The third-order valence-electron chi connectivity index (χ3n) is 0.853. The van der Waals surface area contributed by atoms with Crippen molar-refractivity contribution in [3.05, 3.63) is 37.0 Å². The number of rotatable bonds is 3. The molecule has 0 aliphatic rings. The maximum Gasteiger partial charge on any atom is 0.0988 e. The molecule has 0 spiro atoms. The van der Waals surface area contributed by atoms with E-state index in [4.69, 9.17) is 5.26 Å². The summed E-state index contributed by atoms with van der Waals surface area (Å²) in [6.45, 7) is 6.97. The molecule has 9 heavy (non-hydrogen) atoms. The van der Waals surface area contributed by atoms with Crippen LogP contribution in [0.2, 0.25) is 0 Å². The van der Waals surface area contributed by atoms with Crippen LogP contribution >= 0.6 is 0 Å². The van der Waals surface area contributed by atoms with Gasteiger partial charge in [0.15, 0.2) is 0 Å². The first-order valence-corrected chi connectivity index (χ1v) is 2.68. The van der Waals surface area contributed by atoms with Crippen molar-refractivity contribution in [2.24, 2.45) is 0 Å². The lowest BCUT2D eigenvalue weighted by Gasteiger charge is -1.81. The zero-order chi connectivity index (χ0) is 7.11. The van der Waals surface area contributed by atoms with Gasteiger partial charge in [-0.2, -0.15) is 5.26 Å². The highest BCUT2D eigenvalue weighted by molar-refractivity contribution is 5.31. The third-order valence-corrected chi connectivity index (χ3v) is 0.853. The molecule has 1 heteroatoms. The Labute approximate surface area is 55.6 Å². The van der Waals surface area contributed by atoms with Gasteiger partial charge < -0.3 is 0 Å². The number of hydrogen-bond donors (Lipinski definition) is 0. The van der Waals surface area contributed by atoms with Crippen molar-refractivity contribution in [1.29, 1.82) is 5.26 Å². The van der Waals surface area contributed by atoms with E-state index in [1.807, 2.05) is 6.07 Å². The molecule has 0 radical (unpaired) electrons. The summed E-state index contributed by atoms with van der Waals surface area (Å²) >= 11 is 0. The van der Waals surface area contributed by atoms with E-state index in [0.717, 1.165) is 6.42 Å². The Bertz CT molecular complexity index is 169. The van der Waals surface area contributed by atoms with Crippen LogP contribution in [0.15, 0.2) is 37.0 Å². The molecule has 0 saturated carbocycles. The van der Waals surface area contributed by atoms with Crippen LogP contribution in [0.1, 0.15) is 6.42 Å². The fourth-order valence-electron chi connectivity index (χ4n) is 0.385. The van der Waals surface area contributed by atoms with E-state index in [2.05, 4.69) is 13.2 Å². The largest absolute Gasteiger partial charge is 0.192 e. The molecule has 0 aliphatic heterocycles. The first-order chi connectivity index (χ1) is 4.35. The molecule has 0 aromatic heterocycles. The summed E-state index contributed by atoms with van der Waals surface area (Å²) in [4.78, 5) is 0. The zero-order valence-electron chi connectivity index (χ0n) is 5.30. The Kier molecular flexibility index (Phi) is 4.16. The number of hydrogen-bond acceptors (Lipinski definition) is 1. The molecule has 0 N–H and O–H groups in total. The highest BCUT2D eigenvalue weighted by atomic mass is 14.2. The highest BCUT2D eigenvalue weighted by Crippen LogP contribution is 1.94. The van der Waals surface area contributed by atoms with Crippen LogP contribution in [0.5, 0.6) is 0 Å². The molecule has 1 nitrogen and oxygen atoms in total. The van der Waals surface area contributed by atoms with Gasteiger partial charge in [-0.15, -0.1) is 6.58 Å². The maximum absolute atomic E-state index is 8.33. The molecule has 0 amide bonds. The second-order valence-electron chi connectivity index (χ2n) is 1.50. The third kappa shape index (κ3) is 3.31. The molecule has 0 fully saturated rings. The molecule has 0 atom stereocenters. The minimum atomic E-state index is 0.606. The van der Waals surface area contributed by atoms with Crippen molar-refractivity contribution in [3.8, 4) is 6.07 Å². The average Bonchev–Trinajstić information content (AvgIpc) is 1.91. The molecule has 0 saturated heterocycles. The molecule has 46 valence electrons. The SMILES string of the molecule is C=CC/C=C(/C#N)C=C. The average molecular weight is 119 g/mol. The van der Waals surface area contributed by atoms with Crippen molar-refractivity contribution in [3.63, 3.8) is 0 Å². The number of allylic oxidation sites excluding steroid dienone is 4. The quantitative estimate of drug-likeness (QED) is 0.317. The van der Waals surface area contributed by atoms with Gasteiger partial charge in [0.1, 0.15) is 0 Å². The second kappa shape index (κ2) is 4.86. The van der Waals surface area contributed by atoms with E-state index in [1.54, 1.807) is 12.2 Å². The Balaban J connectivity index is 3.94. The standard InChI is InChI=1S/C8H9N/c1-3-5-6-8(4-2)7-9/h3-4,6H,1-2,5H2/b8-6+. The lowest BCUT2D eigenvalue weighted by Crippen LogP contribution is -1.67. The predicted molar refractivity (Wildman–Crippen MR) is 38.7 cm³/mol. The Hall–Kier alpha value is -1.29. The van der Waals surface area contributed by atoms with Gasteiger partial charge in [0, 0.05) is 5.57 Å². The molecule has 0 unspecified atom stereocenters. The van der Waals surface area contributed by atoms with E-state index >= 15 is 0 Å². The highest BCUT2D eigenvalue weighted by Gasteiger charge is 1.81. The summed E-state index contributed by atoms with van der Waals surface area (Å²) in [5, 5.41) is 8.33. The summed E-state index contributed by atoms with van der Waals surface area (Å²) < 4.78 is 0. The van der Waals surface area contributed by atoms with E-state index < -0.39 is 0 Å². The Morgan fingerprint density at radius 1 is 1.56 bits per heavy atom. The normalized spacial score (nSPS) is 9.89. The fourth-order valence-corrected chi connectivity index (χ4v) is 0.385. The Morgan fingerprint density at radius 3 is 2.56 bits per heavy atom. The molecule has 0 aromatic carbocycles. The first-order valence-electron chi connectivity index (χ1n) is 2.68. The van der Waals surface area contributed by atoms with Gasteiger partial charge in [0.25, 0.3) is 0 Å². The summed E-state index contributed by atoms with van der Waals surface area (Å²) in [6, 6.07) is 1.98. The molecule has 0 heterocycles. The van der Waals surface area contributed by atoms with Crippen LogP contribution in [0.4, 0.5) is 0 Å². The van der Waals surface area contributed by atoms with Gasteiger partial charge in [-0.05, 0) is 6.42 Å². The van der Waals surface area contributed by atoms with E-state index in [-0.39, 0.29) is 0 Å². The molecule has 0 rings (SSSR count). The van der Waals surface area contributed by atoms with Gasteiger partial charge in [0.05, 0.1) is 6.07 Å². The van der Waals surface area contributed by atoms with Crippen LogP contribution in [0, 0.1) is 11.3 Å². The maximum atomic E-state index is 8.33. The van der Waals surface area contributed by atoms with E-state index in [9.17, 15) is 0 Å². The van der Waals surface area contributed by atoms with Crippen LogP contribution in [0.3, 0.4) is 0 Å². The smallest absolute Gasteiger partial charge is 0.0988 e. The summed E-state index contributed by atoms with van der Waals surface area (Å²) in [6.07, 6.45) is 5.78. The van der Waals surface area contributed by atoms with Gasteiger partial charge in [-0.3, -0.25) is 0 Å². The van der Waals surface area contributed by atoms with Gasteiger partial charge >= 0.3 is 0 Å². The van der Waals surface area contributed by atoms with Crippen molar-refractivity contribution >= 4 is 0 Å². The molecule has 0 aliphatic carbocycles. The summed E-state index contributed by atoms with van der Waals surface area (Å²) in [5.41, 5.74) is 0.606. The monoisotopic (exact) mass is 119 g/mol. The van der Waals surface area contributed by atoms with Crippen LogP contribution in [0.25, 0.3) is 0 Å². The minimum absolute atomic E-state index is 0.606. The van der Waals surface area contributed by atoms with Gasteiger partial charge in [-0.1, -0.05) is 24.8 Å². The summed E-state index contributed by atoms with van der Waals surface area (Å²) in [7, 11) is 0. The summed E-state index contributed by atoms with van der Waals surface area (Å²) in [5.74, 6) is 0. The number of nitriles is 1. The van der Waals surface area contributed by atoms with Crippen molar-refractivity contribution in [2.75, 3.05) is 0 Å². The lowest BCUT2D eigenvalue weighted by atomic mass is 10.2. The lowest BCUT2D eigenvalue weighted by molar-refractivity contribution is 1.37. The second-order valence-corrected chi connectivity index (χ2v) is 1.50. The molecular formula is C8H9N. The first kappa shape index (κ1) is 7.71. The van der Waals surface area contributed by atoms with Crippen LogP contribution in [-0.2, 0) is 0 Å². The van der Waals surface area contributed by atoms with Crippen LogP contribution in [-0.4, -0.2) is 0 Å². The van der Waals surface area contributed by atoms with Crippen molar-refractivity contribution < 1.29 is 0 Å². The van der Waals surface area contributed by atoms with Gasteiger partial charge in [0.2, 0.25) is 0 Å².